The molecule has 1 saturated heterocycles. The number of urea groups is 1. The molecule has 2 N–H and O–H groups in total. The van der Waals surface area contributed by atoms with Crippen molar-refractivity contribution in [2.45, 2.75) is 12.2 Å². The van der Waals surface area contributed by atoms with Crippen molar-refractivity contribution in [3.63, 3.8) is 0 Å². The molecule has 2 heterocycles. The quantitative estimate of drug-likeness (QED) is 0.873. The van der Waals surface area contributed by atoms with Crippen LogP contribution in [0.1, 0.15) is 5.56 Å². The highest BCUT2D eigenvalue weighted by Crippen LogP contribution is 2.31. The molecule has 26 heavy (non-hydrogen) atoms. The Kier molecular flexibility index (Phi) is 4.88. The number of methoxy groups -OCH3 is 1. The van der Waals surface area contributed by atoms with Gasteiger partial charge in [0.05, 0.1) is 24.4 Å². The number of pyridine rings is 1. The molecule has 0 unspecified atom stereocenters. The zero-order valence-electron chi connectivity index (χ0n) is 13.9. The third kappa shape index (κ3) is 3.98. The number of benzene rings is 1. The van der Waals surface area contributed by atoms with E-state index in [1.807, 2.05) is 0 Å². The number of aromatic nitrogens is 1. The summed E-state index contributed by atoms with van der Waals surface area (Å²) in [7, 11) is 1.50. The number of alkyl halides is 3. The number of ether oxygens (including phenoxy) is 1. The van der Waals surface area contributed by atoms with E-state index < -0.39 is 17.8 Å². The van der Waals surface area contributed by atoms with Crippen molar-refractivity contribution in [2.75, 3.05) is 30.4 Å². The van der Waals surface area contributed by atoms with Gasteiger partial charge < -0.3 is 20.3 Å². The van der Waals surface area contributed by atoms with E-state index in [2.05, 4.69) is 15.6 Å². The van der Waals surface area contributed by atoms with Crippen LogP contribution in [0.15, 0.2) is 42.6 Å². The van der Waals surface area contributed by atoms with E-state index in [0.29, 0.717) is 24.5 Å². The summed E-state index contributed by atoms with van der Waals surface area (Å²) in [6.07, 6.45) is -3.28. The zero-order chi connectivity index (χ0) is 18.7. The van der Waals surface area contributed by atoms with Crippen LogP contribution in [-0.2, 0) is 6.18 Å². The molecular formula is C17H17F3N4O2. The van der Waals surface area contributed by atoms with Gasteiger partial charge in [-0.2, -0.15) is 13.2 Å². The van der Waals surface area contributed by atoms with Crippen LogP contribution in [0.5, 0.6) is 5.75 Å². The maximum atomic E-state index is 12.7. The monoisotopic (exact) mass is 366 g/mol. The Bertz CT molecular complexity index is 792. The minimum absolute atomic E-state index is 0.180. The first-order valence-electron chi connectivity index (χ1n) is 7.85. The van der Waals surface area contributed by atoms with Crippen molar-refractivity contribution in [1.29, 1.82) is 0 Å². The summed E-state index contributed by atoms with van der Waals surface area (Å²) in [6, 6.07) is 8.33. The summed E-state index contributed by atoms with van der Waals surface area (Å²) in [5, 5.41) is 5.45. The molecule has 1 aromatic heterocycles. The lowest BCUT2D eigenvalue weighted by molar-refractivity contribution is -0.137. The summed E-state index contributed by atoms with van der Waals surface area (Å²) in [6.45, 7) is 0.765. The summed E-state index contributed by atoms with van der Waals surface area (Å²) < 4.78 is 43.4. The number of carbonyl (C=O) groups excluding carboxylic acids is 1. The molecule has 0 bridgehead atoms. The van der Waals surface area contributed by atoms with Crippen LogP contribution in [0, 0.1) is 0 Å². The number of anilines is 2. The molecule has 0 atom stereocenters. The number of rotatable bonds is 4. The smallest absolute Gasteiger partial charge is 0.416 e. The maximum absolute atomic E-state index is 12.7. The van der Waals surface area contributed by atoms with Gasteiger partial charge in [-0.05, 0) is 24.3 Å². The number of halogens is 3. The molecule has 2 amide bonds. The number of carbonyl (C=O) groups is 1. The number of nitrogens with zero attached hydrogens (tertiary/aromatic N) is 2. The van der Waals surface area contributed by atoms with E-state index in [0.717, 1.165) is 18.3 Å². The molecule has 9 heteroatoms. The standard InChI is InChI=1S/C17H17F3N4O2/c1-26-14-5-3-2-4-13(14)23-16(25)22-12-9-24(10-12)15-8-11(6-7-21-15)17(18,19)20/h2-8,12H,9-10H2,1H3,(H2,22,23,25). The van der Waals surface area contributed by atoms with Crippen molar-refractivity contribution in [2.24, 2.45) is 0 Å². The second kappa shape index (κ2) is 7.11. The van der Waals surface area contributed by atoms with Crippen LogP contribution in [0.4, 0.5) is 29.5 Å². The van der Waals surface area contributed by atoms with Gasteiger partial charge in [-0.3, -0.25) is 0 Å². The SMILES string of the molecule is COc1ccccc1NC(=O)NC1CN(c2cc(C(F)(F)F)ccn2)C1. The Hall–Kier alpha value is -2.97. The van der Waals surface area contributed by atoms with Crippen molar-refractivity contribution in [3.8, 4) is 5.75 Å². The lowest BCUT2D eigenvalue weighted by atomic mass is 10.1. The lowest BCUT2D eigenvalue weighted by Crippen LogP contribution is -2.60. The minimum atomic E-state index is -4.41. The normalized spacial score (nSPS) is 14.5. The highest BCUT2D eigenvalue weighted by molar-refractivity contribution is 5.91. The van der Waals surface area contributed by atoms with Gasteiger partial charge in [0, 0.05) is 19.3 Å². The van der Waals surface area contributed by atoms with Gasteiger partial charge in [-0.15, -0.1) is 0 Å². The summed E-state index contributed by atoms with van der Waals surface area (Å²) in [4.78, 5) is 17.7. The fraction of sp³-hybridized carbons (Fsp3) is 0.294. The average molecular weight is 366 g/mol. The van der Waals surface area contributed by atoms with Gasteiger partial charge in [-0.1, -0.05) is 12.1 Å². The number of hydrogen-bond donors (Lipinski definition) is 2. The van der Waals surface area contributed by atoms with Gasteiger partial charge in [0.2, 0.25) is 0 Å². The molecule has 2 aromatic rings. The molecule has 6 nitrogen and oxygen atoms in total. The van der Waals surface area contributed by atoms with Gasteiger partial charge in [-0.25, -0.2) is 9.78 Å². The van der Waals surface area contributed by atoms with Gasteiger partial charge in [0.1, 0.15) is 11.6 Å². The van der Waals surface area contributed by atoms with E-state index >= 15 is 0 Å². The number of nitrogens with one attached hydrogen (secondary N) is 2. The third-order valence-corrected chi connectivity index (χ3v) is 3.97. The Morgan fingerprint density at radius 2 is 2.00 bits per heavy atom. The van der Waals surface area contributed by atoms with E-state index in [-0.39, 0.29) is 11.9 Å². The molecule has 0 spiro atoms. The second-order valence-electron chi connectivity index (χ2n) is 5.80. The van der Waals surface area contributed by atoms with Crippen LogP contribution < -0.4 is 20.3 Å². The van der Waals surface area contributed by atoms with E-state index in [9.17, 15) is 18.0 Å². The number of hydrogen-bond acceptors (Lipinski definition) is 4. The Labute approximate surface area is 148 Å². The summed E-state index contributed by atoms with van der Waals surface area (Å²) in [5.74, 6) is 0.772. The summed E-state index contributed by atoms with van der Waals surface area (Å²) >= 11 is 0. The largest absolute Gasteiger partial charge is 0.495 e. The molecule has 1 fully saturated rings. The maximum Gasteiger partial charge on any atom is 0.416 e. The zero-order valence-corrected chi connectivity index (χ0v) is 13.9. The minimum Gasteiger partial charge on any atom is -0.495 e. The predicted molar refractivity (Wildman–Crippen MR) is 90.4 cm³/mol. The first-order valence-corrected chi connectivity index (χ1v) is 7.85. The molecule has 1 aliphatic heterocycles. The predicted octanol–water partition coefficient (Wildman–Crippen LogP) is 3.12. The fourth-order valence-electron chi connectivity index (χ4n) is 2.62. The molecule has 1 aliphatic rings. The summed E-state index contributed by atoms with van der Waals surface area (Å²) in [5.41, 5.74) is -0.212. The molecule has 0 aliphatic carbocycles. The van der Waals surface area contributed by atoms with E-state index in [1.54, 1.807) is 29.2 Å². The highest BCUT2D eigenvalue weighted by Gasteiger charge is 2.33. The first kappa shape index (κ1) is 17.8. The molecule has 1 aromatic carbocycles. The van der Waals surface area contributed by atoms with Gasteiger partial charge in [0.15, 0.2) is 0 Å². The Morgan fingerprint density at radius 1 is 1.27 bits per heavy atom. The van der Waals surface area contributed by atoms with E-state index in [1.165, 1.54) is 7.11 Å². The van der Waals surface area contributed by atoms with Crippen LogP contribution in [0.3, 0.4) is 0 Å². The molecule has 0 saturated carbocycles. The Balaban J connectivity index is 1.53. The van der Waals surface area contributed by atoms with Crippen molar-refractivity contribution < 1.29 is 22.7 Å². The van der Waals surface area contributed by atoms with Crippen LogP contribution >= 0.6 is 0 Å². The van der Waals surface area contributed by atoms with Crippen LogP contribution in [-0.4, -0.2) is 37.3 Å². The number of para-hydroxylation sites is 2. The number of amides is 2. The van der Waals surface area contributed by atoms with Crippen LogP contribution in [0.25, 0.3) is 0 Å². The molecule has 0 radical (unpaired) electrons. The van der Waals surface area contributed by atoms with Gasteiger partial charge >= 0.3 is 12.2 Å². The average Bonchev–Trinajstić information content (AvgIpc) is 2.57. The van der Waals surface area contributed by atoms with Gasteiger partial charge in [0.25, 0.3) is 0 Å². The molecule has 138 valence electrons. The Morgan fingerprint density at radius 3 is 2.69 bits per heavy atom. The first-order chi connectivity index (χ1) is 12.4. The fourth-order valence-corrected chi connectivity index (χ4v) is 2.62. The highest BCUT2D eigenvalue weighted by atomic mass is 19.4. The van der Waals surface area contributed by atoms with Crippen molar-refractivity contribution >= 4 is 17.5 Å². The third-order valence-electron chi connectivity index (χ3n) is 3.97. The van der Waals surface area contributed by atoms with Crippen LogP contribution in [0.2, 0.25) is 0 Å². The molecule has 3 rings (SSSR count). The topological polar surface area (TPSA) is 66.5 Å². The van der Waals surface area contributed by atoms with Crippen molar-refractivity contribution in [1.82, 2.24) is 10.3 Å². The lowest BCUT2D eigenvalue weighted by Gasteiger charge is -2.40. The van der Waals surface area contributed by atoms with Crippen molar-refractivity contribution in [3.05, 3.63) is 48.2 Å². The second-order valence-corrected chi connectivity index (χ2v) is 5.80. The molecular weight excluding hydrogens is 349 g/mol. The van der Waals surface area contributed by atoms with E-state index in [4.69, 9.17) is 4.74 Å².